The number of rotatable bonds is 1. The zero-order valence-electron chi connectivity index (χ0n) is 8.12. The first-order chi connectivity index (χ1) is 7.18. The van der Waals surface area contributed by atoms with E-state index in [1.54, 1.807) is 0 Å². The second-order valence-electron chi connectivity index (χ2n) is 3.76. The topological polar surface area (TPSA) is 84.5 Å². The summed E-state index contributed by atoms with van der Waals surface area (Å²) < 4.78 is 5.21. The number of carbonyl (C=O) groups is 3. The molecule has 2 saturated heterocycles. The third kappa shape index (κ3) is 1.99. The van der Waals surface area contributed by atoms with Crippen LogP contribution in [0.3, 0.4) is 0 Å². The van der Waals surface area contributed by atoms with E-state index in [4.69, 9.17) is 4.74 Å². The van der Waals surface area contributed by atoms with Gasteiger partial charge in [-0.05, 0) is 12.8 Å². The Balaban J connectivity index is 2.09. The lowest BCUT2D eigenvalue weighted by Crippen LogP contribution is -2.58. The number of nitrogens with one attached hydrogen (secondary N) is 2. The monoisotopic (exact) mass is 212 g/mol. The number of amides is 4. The van der Waals surface area contributed by atoms with Crippen molar-refractivity contribution in [2.75, 3.05) is 13.2 Å². The summed E-state index contributed by atoms with van der Waals surface area (Å²) >= 11 is 0. The first-order valence-electron chi connectivity index (χ1n) is 4.92. The molecule has 0 saturated carbocycles. The normalized spacial score (nSPS) is 28.5. The Bertz CT molecular complexity index is 289. The number of hydrogen-bond donors (Lipinski definition) is 2. The van der Waals surface area contributed by atoms with Crippen molar-refractivity contribution in [2.24, 2.45) is 11.8 Å². The van der Waals surface area contributed by atoms with Crippen LogP contribution in [0.4, 0.5) is 4.79 Å². The lowest BCUT2D eigenvalue weighted by Gasteiger charge is -2.30. The molecule has 2 aliphatic rings. The van der Waals surface area contributed by atoms with Gasteiger partial charge in [-0.15, -0.1) is 0 Å². The summed E-state index contributed by atoms with van der Waals surface area (Å²) in [5, 5.41) is 4.18. The van der Waals surface area contributed by atoms with Crippen LogP contribution in [-0.4, -0.2) is 31.1 Å². The summed E-state index contributed by atoms with van der Waals surface area (Å²) in [5.41, 5.74) is 0. The highest BCUT2D eigenvalue weighted by Crippen LogP contribution is 2.24. The highest BCUT2D eigenvalue weighted by atomic mass is 16.5. The average Bonchev–Trinajstić information content (AvgIpc) is 2.17. The molecule has 6 heteroatoms. The molecular formula is C9H12N2O4. The van der Waals surface area contributed by atoms with E-state index in [1.165, 1.54) is 0 Å². The van der Waals surface area contributed by atoms with E-state index in [0.29, 0.717) is 13.2 Å². The molecule has 0 radical (unpaired) electrons. The van der Waals surface area contributed by atoms with E-state index in [2.05, 4.69) is 10.6 Å². The Kier molecular flexibility index (Phi) is 2.68. The average molecular weight is 212 g/mol. The minimum absolute atomic E-state index is 0.119. The second kappa shape index (κ2) is 3.98. The van der Waals surface area contributed by atoms with Gasteiger partial charge in [0.15, 0.2) is 0 Å². The number of urea groups is 1. The lowest BCUT2D eigenvalue weighted by molar-refractivity contribution is -0.140. The second-order valence-corrected chi connectivity index (χ2v) is 3.76. The molecule has 15 heavy (non-hydrogen) atoms. The van der Waals surface area contributed by atoms with E-state index >= 15 is 0 Å². The third-order valence-electron chi connectivity index (χ3n) is 2.71. The van der Waals surface area contributed by atoms with Crippen molar-refractivity contribution in [3.05, 3.63) is 0 Å². The third-order valence-corrected chi connectivity index (χ3v) is 2.71. The molecule has 6 nitrogen and oxygen atoms in total. The molecule has 82 valence electrons. The first-order valence-corrected chi connectivity index (χ1v) is 4.92. The van der Waals surface area contributed by atoms with Gasteiger partial charge in [-0.2, -0.15) is 0 Å². The Labute approximate surface area is 86.3 Å². The molecule has 2 N–H and O–H groups in total. The molecule has 0 bridgehead atoms. The van der Waals surface area contributed by atoms with Crippen LogP contribution in [-0.2, 0) is 14.3 Å². The molecule has 2 fully saturated rings. The van der Waals surface area contributed by atoms with Gasteiger partial charge in [0.05, 0.1) is 6.61 Å². The fourth-order valence-electron chi connectivity index (χ4n) is 1.99. The number of barbiturate groups is 1. The van der Waals surface area contributed by atoms with Crippen molar-refractivity contribution in [1.82, 2.24) is 10.6 Å². The van der Waals surface area contributed by atoms with Crippen LogP contribution in [0.25, 0.3) is 0 Å². The summed E-state index contributed by atoms with van der Waals surface area (Å²) in [6.07, 6.45) is 1.62. The Morgan fingerprint density at radius 2 is 1.80 bits per heavy atom. The summed E-state index contributed by atoms with van der Waals surface area (Å²) in [4.78, 5) is 33.7. The number of ether oxygens (including phenoxy) is 1. The summed E-state index contributed by atoms with van der Waals surface area (Å²) in [5.74, 6) is -1.94. The van der Waals surface area contributed by atoms with E-state index < -0.39 is 23.8 Å². The van der Waals surface area contributed by atoms with Gasteiger partial charge in [-0.25, -0.2) is 4.79 Å². The highest BCUT2D eigenvalue weighted by molar-refractivity contribution is 6.16. The largest absolute Gasteiger partial charge is 0.381 e. The van der Waals surface area contributed by atoms with Gasteiger partial charge in [0, 0.05) is 12.5 Å². The van der Waals surface area contributed by atoms with Gasteiger partial charge in [0.2, 0.25) is 11.8 Å². The molecule has 0 aromatic heterocycles. The lowest BCUT2D eigenvalue weighted by atomic mass is 9.85. The SMILES string of the molecule is O=C1NC(=O)C(C2CCCOC2)C(=O)N1. The van der Waals surface area contributed by atoms with Crippen molar-refractivity contribution in [1.29, 1.82) is 0 Å². The van der Waals surface area contributed by atoms with Crippen LogP contribution in [0, 0.1) is 11.8 Å². The van der Waals surface area contributed by atoms with Crippen molar-refractivity contribution < 1.29 is 19.1 Å². The maximum atomic E-state index is 11.5. The maximum absolute atomic E-state index is 11.5. The van der Waals surface area contributed by atoms with Gasteiger partial charge in [0.1, 0.15) is 5.92 Å². The Morgan fingerprint density at radius 3 is 2.33 bits per heavy atom. The van der Waals surface area contributed by atoms with Crippen molar-refractivity contribution >= 4 is 17.8 Å². The zero-order chi connectivity index (χ0) is 10.8. The number of imide groups is 2. The predicted octanol–water partition coefficient (Wildman–Crippen LogP) is -0.605. The molecule has 0 aromatic rings. The molecule has 0 aromatic carbocycles. The highest BCUT2D eigenvalue weighted by Gasteiger charge is 2.40. The van der Waals surface area contributed by atoms with Crippen LogP contribution >= 0.6 is 0 Å². The van der Waals surface area contributed by atoms with Gasteiger partial charge >= 0.3 is 6.03 Å². The molecule has 0 aliphatic carbocycles. The number of hydrogen-bond acceptors (Lipinski definition) is 4. The molecule has 0 spiro atoms. The van der Waals surface area contributed by atoms with E-state index in [-0.39, 0.29) is 5.92 Å². The Morgan fingerprint density at radius 1 is 1.13 bits per heavy atom. The fourth-order valence-corrected chi connectivity index (χ4v) is 1.99. The maximum Gasteiger partial charge on any atom is 0.328 e. The minimum atomic E-state index is -0.789. The predicted molar refractivity (Wildman–Crippen MR) is 48.7 cm³/mol. The van der Waals surface area contributed by atoms with Gasteiger partial charge in [-0.1, -0.05) is 0 Å². The van der Waals surface area contributed by atoms with Crippen molar-refractivity contribution in [2.45, 2.75) is 12.8 Å². The molecule has 2 rings (SSSR count). The molecule has 4 amide bonds. The van der Waals surface area contributed by atoms with E-state index in [1.807, 2.05) is 0 Å². The van der Waals surface area contributed by atoms with Gasteiger partial charge in [-0.3, -0.25) is 20.2 Å². The van der Waals surface area contributed by atoms with Crippen LogP contribution in [0.2, 0.25) is 0 Å². The van der Waals surface area contributed by atoms with E-state index in [0.717, 1.165) is 12.8 Å². The standard InChI is InChI=1S/C9H12N2O4/c12-7-6(5-2-1-3-15-4-5)8(13)11-9(14)10-7/h5-6H,1-4H2,(H2,10,11,12,13,14). The Hall–Kier alpha value is -1.43. The van der Waals surface area contributed by atoms with Crippen molar-refractivity contribution in [3.63, 3.8) is 0 Å². The fraction of sp³-hybridized carbons (Fsp3) is 0.667. The molecule has 1 atom stereocenters. The van der Waals surface area contributed by atoms with Crippen LogP contribution in [0.1, 0.15) is 12.8 Å². The van der Waals surface area contributed by atoms with Crippen LogP contribution in [0.5, 0.6) is 0 Å². The molecule has 2 heterocycles. The zero-order valence-corrected chi connectivity index (χ0v) is 8.12. The van der Waals surface area contributed by atoms with Crippen molar-refractivity contribution in [3.8, 4) is 0 Å². The van der Waals surface area contributed by atoms with Crippen LogP contribution in [0.15, 0.2) is 0 Å². The quantitative estimate of drug-likeness (QED) is 0.568. The van der Waals surface area contributed by atoms with E-state index in [9.17, 15) is 14.4 Å². The molecule has 2 aliphatic heterocycles. The summed E-state index contributed by atoms with van der Waals surface area (Å²) in [6.45, 7) is 1.07. The van der Waals surface area contributed by atoms with Gasteiger partial charge in [0.25, 0.3) is 0 Å². The number of carbonyl (C=O) groups excluding carboxylic acids is 3. The smallest absolute Gasteiger partial charge is 0.328 e. The molecule has 1 unspecified atom stereocenters. The minimum Gasteiger partial charge on any atom is -0.381 e. The first kappa shape index (κ1) is 10.1. The van der Waals surface area contributed by atoms with Crippen LogP contribution < -0.4 is 10.6 Å². The molecular weight excluding hydrogens is 200 g/mol. The summed E-state index contributed by atoms with van der Waals surface area (Å²) in [7, 11) is 0. The summed E-state index contributed by atoms with van der Waals surface area (Å²) in [6, 6.07) is -0.738. The van der Waals surface area contributed by atoms with Gasteiger partial charge < -0.3 is 4.74 Å².